The molecule has 0 saturated heterocycles. The Kier molecular flexibility index (Phi) is 3.23. The number of aliphatic hydroxyl groups is 1. The molecular weight excluding hydrogens is 190 g/mol. The minimum absolute atomic E-state index is 0.235. The van der Waals surface area contributed by atoms with E-state index in [1.807, 2.05) is 6.07 Å². The second-order valence-electron chi connectivity index (χ2n) is 3.88. The van der Waals surface area contributed by atoms with E-state index in [0.717, 1.165) is 31.8 Å². The van der Waals surface area contributed by atoms with Crippen LogP contribution in [0.15, 0.2) is 18.2 Å². The minimum Gasteiger partial charge on any atom is -0.497 e. The first-order valence-electron chi connectivity index (χ1n) is 5.32. The molecule has 0 amide bonds. The molecule has 0 radical (unpaired) electrons. The molecule has 0 saturated carbocycles. The molecule has 3 heteroatoms. The average Bonchev–Trinajstić information content (AvgIpc) is 2.28. The second-order valence-corrected chi connectivity index (χ2v) is 3.88. The van der Waals surface area contributed by atoms with Crippen LogP contribution in [0.25, 0.3) is 0 Å². The lowest BCUT2D eigenvalue weighted by atomic mass is 9.99. The van der Waals surface area contributed by atoms with Gasteiger partial charge in [-0.3, -0.25) is 4.90 Å². The van der Waals surface area contributed by atoms with E-state index in [1.54, 1.807) is 7.11 Å². The lowest BCUT2D eigenvalue weighted by Crippen LogP contribution is -2.32. The van der Waals surface area contributed by atoms with E-state index in [-0.39, 0.29) is 6.61 Å². The Balaban J connectivity index is 2.16. The van der Waals surface area contributed by atoms with E-state index < -0.39 is 0 Å². The zero-order valence-electron chi connectivity index (χ0n) is 9.07. The van der Waals surface area contributed by atoms with E-state index in [9.17, 15) is 0 Å². The summed E-state index contributed by atoms with van der Waals surface area (Å²) < 4.78 is 5.21. The largest absolute Gasteiger partial charge is 0.497 e. The molecule has 82 valence electrons. The van der Waals surface area contributed by atoms with Crippen LogP contribution in [0.4, 0.5) is 0 Å². The Hall–Kier alpha value is -1.06. The van der Waals surface area contributed by atoms with Gasteiger partial charge in [-0.15, -0.1) is 0 Å². The van der Waals surface area contributed by atoms with E-state index in [0.29, 0.717) is 0 Å². The number of ether oxygens (including phenoxy) is 1. The van der Waals surface area contributed by atoms with Crippen molar-refractivity contribution in [1.29, 1.82) is 0 Å². The summed E-state index contributed by atoms with van der Waals surface area (Å²) >= 11 is 0. The molecule has 2 rings (SSSR count). The zero-order valence-corrected chi connectivity index (χ0v) is 9.07. The van der Waals surface area contributed by atoms with Crippen molar-refractivity contribution in [2.75, 3.05) is 26.8 Å². The van der Waals surface area contributed by atoms with Crippen molar-refractivity contribution >= 4 is 0 Å². The van der Waals surface area contributed by atoms with Gasteiger partial charge in [0.15, 0.2) is 0 Å². The second kappa shape index (κ2) is 4.64. The van der Waals surface area contributed by atoms with Crippen LogP contribution >= 0.6 is 0 Å². The predicted molar refractivity (Wildman–Crippen MR) is 59.1 cm³/mol. The molecule has 0 atom stereocenters. The van der Waals surface area contributed by atoms with Crippen LogP contribution in [0, 0.1) is 0 Å². The molecule has 0 spiro atoms. The number of methoxy groups -OCH3 is 1. The fourth-order valence-electron chi connectivity index (χ4n) is 2.05. The average molecular weight is 207 g/mol. The lowest BCUT2D eigenvalue weighted by Gasteiger charge is -2.28. The van der Waals surface area contributed by atoms with Crippen LogP contribution in [0.1, 0.15) is 11.1 Å². The highest BCUT2D eigenvalue weighted by molar-refractivity contribution is 5.37. The monoisotopic (exact) mass is 207 g/mol. The fourth-order valence-corrected chi connectivity index (χ4v) is 2.05. The van der Waals surface area contributed by atoms with Crippen LogP contribution in [-0.2, 0) is 13.0 Å². The maximum Gasteiger partial charge on any atom is 0.119 e. The first-order chi connectivity index (χ1) is 7.33. The van der Waals surface area contributed by atoms with Crippen molar-refractivity contribution < 1.29 is 9.84 Å². The lowest BCUT2D eigenvalue weighted by molar-refractivity contribution is 0.184. The molecule has 0 aliphatic carbocycles. The summed E-state index contributed by atoms with van der Waals surface area (Å²) in [5.41, 5.74) is 2.74. The van der Waals surface area contributed by atoms with Crippen LogP contribution < -0.4 is 4.74 Å². The van der Waals surface area contributed by atoms with Gasteiger partial charge in [-0.1, -0.05) is 6.07 Å². The van der Waals surface area contributed by atoms with Gasteiger partial charge in [-0.2, -0.15) is 0 Å². The Bertz CT molecular complexity index is 338. The standard InChI is InChI=1S/C12H17NO2/c1-15-12-3-2-10-4-5-13(6-7-14)9-11(10)8-12/h2-3,8,14H,4-7,9H2,1H3. The Labute approximate surface area is 90.3 Å². The number of hydrogen-bond donors (Lipinski definition) is 1. The van der Waals surface area contributed by atoms with Crippen molar-refractivity contribution in [3.63, 3.8) is 0 Å². The SMILES string of the molecule is COc1ccc2c(c1)CN(CCO)CC2. The highest BCUT2D eigenvalue weighted by atomic mass is 16.5. The van der Waals surface area contributed by atoms with Crippen molar-refractivity contribution in [3.8, 4) is 5.75 Å². The molecule has 0 aromatic heterocycles. The molecule has 0 fully saturated rings. The van der Waals surface area contributed by atoms with Crippen LogP contribution in [0.5, 0.6) is 5.75 Å². The van der Waals surface area contributed by atoms with Gasteiger partial charge in [0.2, 0.25) is 0 Å². The Morgan fingerprint density at radius 3 is 3.00 bits per heavy atom. The van der Waals surface area contributed by atoms with Gasteiger partial charge >= 0.3 is 0 Å². The topological polar surface area (TPSA) is 32.7 Å². The highest BCUT2D eigenvalue weighted by Gasteiger charge is 2.15. The third-order valence-corrected chi connectivity index (χ3v) is 2.92. The van der Waals surface area contributed by atoms with E-state index in [2.05, 4.69) is 17.0 Å². The Morgan fingerprint density at radius 1 is 1.40 bits per heavy atom. The summed E-state index contributed by atoms with van der Waals surface area (Å²) in [5, 5.41) is 8.90. The number of hydrogen-bond acceptors (Lipinski definition) is 3. The molecule has 0 unspecified atom stereocenters. The van der Waals surface area contributed by atoms with Crippen molar-refractivity contribution in [2.24, 2.45) is 0 Å². The zero-order chi connectivity index (χ0) is 10.7. The van der Waals surface area contributed by atoms with Gasteiger partial charge in [0.05, 0.1) is 13.7 Å². The van der Waals surface area contributed by atoms with Crippen LogP contribution in [0.2, 0.25) is 0 Å². The molecule has 15 heavy (non-hydrogen) atoms. The van der Waals surface area contributed by atoms with Gasteiger partial charge in [0.25, 0.3) is 0 Å². The molecule has 3 nitrogen and oxygen atoms in total. The van der Waals surface area contributed by atoms with Crippen molar-refractivity contribution in [1.82, 2.24) is 4.90 Å². The quantitative estimate of drug-likeness (QED) is 0.804. The molecule has 1 N–H and O–H groups in total. The third-order valence-electron chi connectivity index (χ3n) is 2.92. The van der Waals surface area contributed by atoms with Gasteiger partial charge in [-0.05, 0) is 29.7 Å². The van der Waals surface area contributed by atoms with Gasteiger partial charge < -0.3 is 9.84 Å². The summed E-state index contributed by atoms with van der Waals surface area (Å²) in [5.74, 6) is 0.916. The van der Waals surface area contributed by atoms with E-state index in [1.165, 1.54) is 11.1 Å². The number of fused-ring (bicyclic) bond motifs is 1. The minimum atomic E-state index is 0.235. The molecule has 1 aromatic carbocycles. The number of aliphatic hydroxyl groups excluding tert-OH is 1. The fraction of sp³-hybridized carbons (Fsp3) is 0.500. The number of β-amino-alcohol motifs (C(OH)–C–C–N with tert-alkyl or cyclic N) is 1. The van der Waals surface area contributed by atoms with E-state index >= 15 is 0 Å². The molecule has 0 bridgehead atoms. The number of rotatable bonds is 3. The van der Waals surface area contributed by atoms with Crippen LogP contribution in [-0.4, -0.2) is 36.8 Å². The molecule has 1 aliphatic heterocycles. The number of benzene rings is 1. The predicted octanol–water partition coefficient (Wildman–Crippen LogP) is 1.05. The summed E-state index contributed by atoms with van der Waals surface area (Å²) in [6, 6.07) is 6.25. The van der Waals surface area contributed by atoms with Gasteiger partial charge in [0.1, 0.15) is 5.75 Å². The maximum atomic E-state index is 8.90. The third kappa shape index (κ3) is 2.30. The van der Waals surface area contributed by atoms with Crippen molar-refractivity contribution in [3.05, 3.63) is 29.3 Å². The number of nitrogens with zero attached hydrogens (tertiary/aromatic N) is 1. The highest BCUT2D eigenvalue weighted by Crippen LogP contribution is 2.23. The Morgan fingerprint density at radius 2 is 2.27 bits per heavy atom. The molecule has 1 aromatic rings. The molecule has 1 aliphatic rings. The smallest absolute Gasteiger partial charge is 0.119 e. The first kappa shape index (κ1) is 10.5. The summed E-state index contributed by atoms with van der Waals surface area (Å²) in [4.78, 5) is 2.27. The van der Waals surface area contributed by atoms with E-state index in [4.69, 9.17) is 9.84 Å². The first-order valence-corrected chi connectivity index (χ1v) is 5.32. The normalized spacial score (nSPS) is 16.1. The summed E-state index contributed by atoms with van der Waals surface area (Å²) in [7, 11) is 1.69. The van der Waals surface area contributed by atoms with Crippen molar-refractivity contribution in [2.45, 2.75) is 13.0 Å². The summed E-state index contributed by atoms with van der Waals surface area (Å²) in [6.07, 6.45) is 1.07. The molecular formula is C12H17NO2. The van der Waals surface area contributed by atoms with Crippen LogP contribution in [0.3, 0.4) is 0 Å². The molecule has 1 heterocycles. The summed E-state index contributed by atoms with van der Waals surface area (Å²) in [6.45, 7) is 2.96. The van der Waals surface area contributed by atoms with Gasteiger partial charge in [0, 0.05) is 19.6 Å². The maximum absolute atomic E-state index is 8.90. The van der Waals surface area contributed by atoms with Gasteiger partial charge in [-0.25, -0.2) is 0 Å².